The number of anilines is 1. The summed E-state index contributed by atoms with van der Waals surface area (Å²) >= 11 is 0.675. The van der Waals surface area contributed by atoms with Crippen LogP contribution in [0.1, 0.15) is 40.7 Å². The number of aryl methyl sites for hydroxylation is 1. The fourth-order valence-electron chi connectivity index (χ4n) is 1.93. The molecule has 1 N–H and O–H groups in total. The summed E-state index contributed by atoms with van der Waals surface area (Å²) in [5, 5.41) is 2.47. The molecule has 0 fully saturated rings. The van der Waals surface area contributed by atoms with E-state index in [1.165, 1.54) is 0 Å². The number of rotatable bonds is 5. The van der Waals surface area contributed by atoms with Gasteiger partial charge in [-0.2, -0.15) is 13.2 Å². The molecule has 1 aromatic carbocycles. The summed E-state index contributed by atoms with van der Waals surface area (Å²) in [6.45, 7) is 2.10. The third-order valence-electron chi connectivity index (χ3n) is 3.07. The van der Waals surface area contributed by atoms with Crippen LogP contribution >= 0.6 is 11.3 Å². The molecule has 2 rings (SSSR count). The summed E-state index contributed by atoms with van der Waals surface area (Å²) in [6, 6.07) is 7.11. The number of carbonyl (C=O) groups excluding carboxylic acids is 1. The molecule has 0 aliphatic carbocycles. The zero-order chi connectivity index (χ0) is 16.2. The number of amides is 1. The Morgan fingerprint density at radius 3 is 2.55 bits per heavy atom. The number of unbranched alkanes of at least 4 members (excludes halogenated alkanes) is 1. The maximum Gasteiger partial charge on any atom is 0.434 e. The minimum atomic E-state index is -4.63. The SMILES string of the molecule is CCCCc1ccc(NC(=O)c2scnc2C(F)(F)F)cc1. The number of benzene rings is 1. The van der Waals surface area contributed by atoms with Gasteiger partial charge in [-0.3, -0.25) is 4.79 Å². The highest BCUT2D eigenvalue weighted by atomic mass is 32.1. The molecule has 0 radical (unpaired) electrons. The van der Waals surface area contributed by atoms with Gasteiger partial charge in [0.2, 0.25) is 0 Å². The second-order valence-corrected chi connectivity index (χ2v) is 5.64. The van der Waals surface area contributed by atoms with Crippen molar-refractivity contribution in [3.05, 3.63) is 45.9 Å². The molecule has 3 nitrogen and oxygen atoms in total. The van der Waals surface area contributed by atoms with Gasteiger partial charge >= 0.3 is 6.18 Å². The molecule has 2 aromatic rings. The molecule has 22 heavy (non-hydrogen) atoms. The van der Waals surface area contributed by atoms with E-state index in [2.05, 4.69) is 17.2 Å². The van der Waals surface area contributed by atoms with Gasteiger partial charge in [0.1, 0.15) is 4.88 Å². The number of thiazole rings is 1. The van der Waals surface area contributed by atoms with E-state index in [1.807, 2.05) is 12.1 Å². The summed E-state index contributed by atoms with van der Waals surface area (Å²) < 4.78 is 38.1. The van der Waals surface area contributed by atoms with Crippen LogP contribution in [0, 0.1) is 0 Å². The lowest BCUT2D eigenvalue weighted by atomic mass is 10.1. The van der Waals surface area contributed by atoms with Gasteiger partial charge in [0.25, 0.3) is 5.91 Å². The van der Waals surface area contributed by atoms with E-state index >= 15 is 0 Å². The van der Waals surface area contributed by atoms with E-state index < -0.39 is 22.7 Å². The fraction of sp³-hybridized carbons (Fsp3) is 0.333. The van der Waals surface area contributed by atoms with Crippen molar-refractivity contribution < 1.29 is 18.0 Å². The summed E-state index contributed by atoms with van der Waals surface area (Å²) in [5.74, 6) is -0.795. The smallest absolute Gasteiger partial charge is 0.321 e. The van der Waals surface area contributed by atoms with Crippen LogP contribution in [0.4, 0.5) is 18.9 Å². The number of carbonyl (C=O) groups is 1. The number of nitrogens with one attached hydrogen (secondary N) is 1. The number of nitrogens with zero attached hydrogens (tertiary/aromatic N) is 1. The van der Waals surface area contributed by atoms with Gasteiger partial charge in [-0.15, -0.1) is 11.3 Å². The molecule has 0 aliphatic rings. The molecule has 0 bridgehead atoms. The largest absolute Gasteiger partial charge is 0.434 e. The standard InChI is InChI=1S/C15H15F3N2OS/c1-2-3-4-10-5-7-11(8-6-10)20-14(21)12-13(15(16,17)18)19-9-22-12/h5-9H,2-4H2,1H3,(H,20,21). The van der Waals surface area contributed by atoms with Crippen LogP contribution in [0.5, 0.6) is 0 Å². The van der Waals surface area contributed by atoms with Crippen molar-refractivity contribution in [1.82, 2.24) is 4.98 Å². The van der Waals surface area contributed by atoms with E-state index in [0.29, 0.717) is 17.0 Å². The average Bonchev–Trinajstić information content (AvgIpc) is 2.96. The molecule has 0 unspecified atom stereocenters. The van der Waals surface area contributed by atoms with Crippen LogP contribution in [0.2, 0.25) is 0 Å². The van der Waals surface area contributed by atoms with Crippen molar-refractivity contribution in [2.24, 2.45) is 0 Å². The van der Waals surface area contributed by atoms with E-state index in [-0.39, 0.29) is 0 Å². The maximum absolute atomic E-state index is 12.7. The van der Waals surface area contributed by atoms with Crippen molar-refractivity contribution in [1.29, 1.82) is 0 Å². The first kappa shape index (κ1) is 16.5. The van der Waals surface area contributed by atoms with Crippen molar-refractivity contribution >= 4 is 22.9 Å². The van der Waals surface area contributed by atoms with E-state index in [0.717, 1.165) is 30.3 Å². The van der Waals surface area contributed by atoms with Crippen molar-refractivity contribution in [2.45, 2.75) is 32.4 Å². The van der Waals surface area contributed by atoms with Gasteiger partial charge in [0.15, 0.2) is 5.69 Å². The second-order valence-electron chi connectivity index (χ2n) is 4.78. The first-order valence-corrected chi connectivity index (χ1v) is 7.70. The third-order valence-corrected chi connectivity index (χ3v) is 3.90. The minimum Gasteiger partial charge on any atom is -0.321 e. The zero-order valence-electron chi connectivity index (χ0n) is 11.9. The monoisotopic (exact) mass is 328 g/mol. The average molecular weight is 328 g/mol. The topological polar surface area (TPSA) is 42.0 Å². The molecular formula is C15H15F3N2OS. The normalized spacial score (nSPS) is 11.5. The Bertz CT molecular complexity index is 635. The predicted molar refractivity (Wildman–Crippen MR) is 80.1 cm³/mol. The zero-order valence-corrected chi connectivity index (χ0v) is 12.7. The Morgan fingerprint density at radius 2 is 1.95 bits per heavy atom. The Balaban J connectivity index is 2.08. The van der Waals surface area contributed by atoms with Crippen LogP contribution in [0.15, 0.2) is 29.8 Å². The molecule has 0 saturated carbocycles. The van der Waals surface area contributed by atoms with Crippen LogP contribution in [0.25, 0.3) is 0 Å². The second kappa shape index (κ2) is 6.91. The van der Waals surface area contributed by atoms with Gasteiger partial charge in [0, 0.05) is 5.69 Å². The summed E-state index contributed by atoms with van der Waals surface area (Å²) in [4.78, 5) is 14.8. The van der Waals surface area contributed by atoms with Gasteiger partial charge < -0.3 is 5.32 Å². The predicted octanol–water partition coefficient (Wildman–Crippen LogP) is 4.76. The first-order chi connectivity index (χ1) is 10.4. The number of hydrogen-bond donors (Lipinski definition) is 1. The number of alkyl halides is 3. The Kier molecular flexibility index (Phi) is 5.18. The summed E-state index contributed by atoms with van der Waals surface area (Å²) in [6.07, 6.45) is -1.53. The van der Waals surface area contributed by atoms with E-state index in [4.69, 9.17) is 0 Å². The van der Waals surface area contributed by atoms with Crippen LogP contribution in [0.3, 0.4) is 0 Å². The lowest BCUT2D eigenvalue weighted by Gasteiger charge is -2.08. The number of halogens is 3. The molecule has 0 aliphatic heterocycles. The maximum atomic E-state index is 12.7. The van der Waals surface area contributed by atoms with Crippen molar-refractivity contribution in [3.8, 4) is 0 Å². The van der Waals surface area contributed by atoms with Gasteiger partial charge in [-0.25, -0.2) is 4.98 Å². The van der Waals surface area contributed by atoms with E-state index in [1.54, 1.807) is 12.1 Å². The molecule has 0 saturated heterocycles. The first-order valence-electron chi connectivity index (χ1n) is 6.82. The Hall–Kier alpha value is -1.89. The lowest BCUT2D eigenvalue weighted by molar-refractivity contribution is -0.141. The minimum absolute atomic E-state index is 0.428. The third kappa shape index (κ3) is 4.07. The molecule has 0 atom stereocenters. The molecule has 1 heterocycles. The summed E-state index contributed by atoms with van der Waals surface area (Å²) in [5.41, 5.74) is 1.47. The number of aromatic nitrogens is 1. The van der Waals surface area contributed by atoms with E-state index in [9.17, 15) is 18.0 Å². The fourth-order valence-corrected chi connectivity index (χ4v) is 2.63. The van der Waals surface area contributed by atoms with Crippen LogP contribution in [-0.4, -0.2) is 10.9 Å². The Morgan fingerprint density at radius 1 is 1.27 bits per heavy atom. The van der Waals surface area contributed by atoms with Crippen molar-refractivity contribution in [3.63, 3.8) is 0 Å². The molecule has 1 amide bonds. The van der Waals surface area contributed by atoms with Crippen LogP contribution < -0.4 is 5.32 Å². The quantitative estimate of drug-likeness (QED) is 0.860. The lowest BCUT2D eigenvalue weighted by Crippen LogP contribution is -2.17. The molecule has 118 valence electrons. The highest BCUT2D eigenvalue weighted by molar-refractivity contribution is 7.12. The molecule has 1 aromatic heterocycles. The number of hydrogen-bond acceptors (Lipinski definition) is 3. The summed E-state index contributed by atoms with van der Waals surface area (Å²) in [7, 11) is 0. The molecule has 0 spiro atoms. The Labute approximate surface area is 130 Å². The van der Waals surface area contributed by atoms with Gasteiger partial charge in [-0.05, 0) is 30.5 Å². The highest BCUT2D eigenvalue weighted by Gasteiger charge is 2.38. The van der Waals surface area contributed by atoms with Gasteiger partial charge in [-0.1, -0.05) is 25.5 Å². The highest BCUT2D eigenvalue weighted by Crippen LogP contribution is 2.33. The van der Waals surface area contributed by atoms with Gasteiger partial charge in [0.05, 0.1) is 5.51 Å². The molecular weight excluding hydrogens is 313 g/mol. The van der Waals surface area contributed by atoms with Crippen LogP contribution in [-0.2, 0) is 12.6 Å². The molecule has 7 heteroatoms. The van der Waals surface area contributed by atoms with Crippen molar-refractivity contribution in [2.75, 3.05) is 5.32 Å².